The fraction of sp³-hybridized carbons (Fsp3) is 1.00. The molecule has 0 amide bonds. The number of aliphatic hydroxyl groups is 1. The van der Waals surface area contributed by atoms with Crippen LogP contribution in [0.1, 0.15) is 47.0 Å². The molecular formula is C12H27NO2. The van der Waals surface area contributed by atoms with E-state index in [0.717, 1.165) is 25.9 Å². The number of rotatable bonds is 7. The van der Waals surface area contributed by atoms with Gasteiger partial charge >= 0.3 is 0 Å². The van der Waals surface area contributed by atoms with Gasteiger partial charge in [0.1, 0.15) is 0 Å². The summed E-state index contributed by atoms with van der Waals surface area (Å²) < 4.78 is 5.63. The van der Waals surface area contributed by atoms with Crippen molar-refractivity contribution in [1.82, 2.24) is 5.32 Å². The van der Waals surface area contributed by atoms with Crippen LogP contribution < -0.4 is 5.32 Å². The molecule has 0 radical (unpaired) electrons. The Balaban J connectivity index is 3.54. The van der Waals surface area contributed by atoms with Gasteiger partial charge in [0.25, 0.3) is 0 Å². The maximum atomic E-state index is 9.18. The van der Waals surface area contributed by atoms with Crippen LogP contribution in [0, 0.1) is 0 Å². The largest absolute Gasteiger partial charge is 0.394 e. The molecule has 0 saturated heterocycles. The molecule has 0 bridgehead atoms. The van der Waals surface area contributed by atoms with Gasteiger partial charge in [-0.25, -0.2) is 0 Å². The van der Waals surface area contributed by atoms with Crippen molar-refractivity contribution in [2.24, 2.45) is 0 Å². The molecule has 1 atom stereocenters. The lowest BCUT2D eigenvalue weighted by Crippen LogP contribution is -2.43. The molecule has 0 aromatic heterocycles. The van der Waals surface area contributed by atoms with E-state index < -0.39 is 0 Å². The first-order valence-electron chi connectivity index (χ1n) is 5.77. The Kier molecular flexibility index (Phi) is 6.41. The monoisotopic (exact) mass is 217 g/mol. The zero-order chi connectivity index (χ0) is 11.9. The van der Waals surface area contributed by atoms with Gasteiger partial charge in [-0.2, -0.15) is 0 Å². The first kappa shape index (κ1) is 14.9. The summed E-state index contributed by atoms with van der Waals surface area (Å²) in [6.07, 6.45) is 3.11. The molecule has 3 nitrogen and oxygen atoms in total. The molecule has 2 N–H and O–H groups in total. The van der Waals surface area contributed by atoms with Crippen molar-refractivity contribution >= 4 is 0 Å². The fourth-order valence-electron chi connectivity index (χ4n) is 1.28. The van der Waals surface area contributed by atoms with Crippen LogP contribution in [-0.2, 0) is 4.74 Å². The van der Waals surface area contributed by atoms with Crippen LogP contribution >= 0.6 is 0 Å². The number of likely N-dealkylation sites (N-methyl/N-ethyl adjacent to an activating group) is 1. The molecular weight excluding hydrogens is 190 g/mol. The Hall–Kier alpha value is -0.120. The van der Waals surface area contributed by atoms with Gasteiger partial charge in [-0.1, -0.05) is 0 Å². The minimum absolute atomic E-state index is 0.0384. The zero-order valence-corrected chi connectivity index (χ0v) is 10.9. The second kappa shape index (κ2) is 6.46. The summed E-state index contributed by atoms with van der Waals surface area (Å²) in [5.41, 5.74) is -0.176. The van der Waals surface area contributed by atoms with E-state index in [1.165, 1.54) is 0 Å². The Morgan fingerprint density at radius 3 is 2.13 bits per heavy atom. The lowest BCUT2D eigenvalue weighted by molar-refractivity contribution is -0.00552. The van der Waals surface area contributed by atoms with Gasteiger partial charge in [-0.3, -0.25) is 0 Å². The number of unbranched alkanes of at least 4 members (excludes halogenated alkanes) is 1. The quantitative estimate of drug-likeness (QED) is 0.640. The van der Waals surface area contributed by atoms with E-state index in [2.05, 4.69) is 26.1 Å². The number of nitrogens with one attached hydrogen (secondary N) is 1. The highest BCUT2D eigenvalue weighted by molar-refractivity contribution is 4.79. The second-order valence-corrected chi connectivity index (χ2v) is 5.39. The molecule has 0 aromatic rings. The highest BCUT2D eigenvalue weighted by Crippen LogP contribution is 2.14. The molecule has 0 saturated carbocycles. The van der Waals surface area contributed by atoms with Gasteiger partial charge in [0.15, 0.2) is 0 Å². The summed E-state index contributed by atoms with van der Waals surface area (Å²) in [5.74, 6) is 0. The Morgan fingerprint density at radius 1 is 1.13 bits per heavy atom. The Bertz CT molecular complexity index is 159. The SMILES string of the molecule is CNC(C)(CO)CCCCOC(C)(C)C. The molecule has 3 heteroatoms. The van der Waals surface area contributed by atoms with Crippen LogP contribution in [0.25, 0.3) is 0 Å². The summed E-state index contributed by atoms with van der Waals surface area (Å²) in [6.45, 7) is 9.23. The summed E-state index contributed by atoms with van der Waals surface area (Å²) in [7, 11) is 1.89. The third-order valence-electron chi connectivity index (χ3n) is 2.61. The first-order valence-corrected chi connectivity index (χ1v) is 5.77. The smallest absolute Gasteiger partial charge is 0.0610 e. The molecule has 0 aliphatic heterocycles. The van der Waals surface area contributed by atoms with Crippen LogP contribution in [0.3, 0.4) is 0 Å². The third-order valence-corrected chi connectivity index (χ3v) is 2.61. The molecule has 0 rings (SSSR count). The summed E-state index contributed by atoms with van der Waals surface area (Å²) >= 11 is 0. The summed E-state index contributed by atoms with van der Waals surface area (Å²) in [6, 6.07) is 0. The fourth-order valence-corrected chi connectivity index (χ4v) is 1.28. The van der Waals surface area contributed by atoms with Crippen LogP contribution in [-0.4, -0.2) is 36.5 Å². The predicted octanol–water partition coefficient (Wildman–Crippen LogP) is 1.94. The van der Waals surface area contributed by atoms with Crippen molar-refractivity contribution in [3.05, 3.63) is 0 Å². The van der Waals surface area contributed by atoms with Gasteiger partial charge in [0, 0.05) is 12.1 Å². The van der Waals surface area contributed by atoms with Crippen molar-refractivity contribution in [3.63, 3.8) is 0 Å². The van der Waals surface area contributed by atoms with Crippen LogP contribution in [0.15, 0.2) is 0 Å². The molecule has 92 valence electrons. The van der Waals surface area contributed by atoms with Crippen LogP contribution in [0.2, 0.25) is 0 Å². The minimum Gasteiger partial charge on any atom is -0.394 e. The maximum Gasteiger partial charge on any atom is 0.0610 e. The standard InChI is InChI=1S/C12H27NO2/c1-11(2,3)15-9-7-6-8-12(4,10-14)13-5/h13-14H,6-10H2,1-5H3. The molecule has 0 heterocycles. The molecule has 15 heavy (non-hydrogen) atoms. The van der Waals surface area contributed by atoms with Crippen molar-refractivity contribution in [2.45, 2.75) is 58.1 Å². The van der Waals surface area contributed by atoms with Crippen molar-refractivity contribution in [3.8, 4) is 0 Å². The number of hydrogen-bond acceptors (Lipinski definition) is 3. The van der Waals surface area contributed by atoms with E-state index in [1.54, 1.807) is 0 Å². The van der Waals surface area contributed by atoms with E-state index in [1.807, 2.05) is 14.0 Å². The molecule has 1 unspecified atom stereocenters. The molecule has 0 spiro atoms. The lowest BCUT2D eigenvalue weighted by atomic mass is 9.96. The first-order chi connectivity index (χ1) is 6.83. The second-order valence-electron chi connectivity index (χ2n) is 5.39. The summed E-state index contributed by atoms with van der Waals surface area (Å²) in [5, 5.41) is 12.3. The van der Waals surface area contributed by atoms with Gasteiger partial charge < -0.3 is 15.2 Å². The van der Waals surface area contributed by atoms with E-state index in [0.29, 0.717) is 0 Å². The average Bonchev–Trinajstić information content (AvgIpc) is 2.15. The van der Waals surface area contributed by atoms with Crippen molar-refractivity contribution < 1.29 is 9.84 Å². The predicted molar refractivity (Wildman–Crippen MR) is 64.1 cm³/mol. The van der Waals surface area contributed by atoms with Gasteiger partial charge in [-0.15, -0.1) is 0 Å². The molecule has 0 aliphatic rings. The maximum absolute atomic E-state index is 9.18. The highest BCUT2D eigenvalue weighted by Gasteiger charge is 2.19. The molecule has 0 fully saturated rings. The Labute approximate surface area is 94.2 Å². The molecule has 0 aliphatic carbocycles. The van der Waals surface area contributed by atoms with Crippen LogP contribution in [0.5, 0.6) is 0 Å². The minimum atomic E-state index is -0.137. The van der Waals surface area contributed by atoms with E-state index >= 15 is 0 Å². The number of hydrogen-bond donors (Lipinski definition) is 2. The van der Waals surface area contributed by atoms with Crippen molar-refractivity contribution in [2.75, 3.05) is 20.3 Å². The van der Waals surface area contributed by atoms with Gasteiger partial charge in [0.2, 0.25) is 0 Å². The van der Waals surface area contributed by atoms with Crippen LogP contribution in [0.4, 0.5) is 0 Å². The summed E-state index contributed by atoms with van der Waals surface area (Å²) in [4.78, 5) is 0. The molecule has 0 aromatic carbocycles. The average molecular weight is 217 g/mol. The Morgan fingerprint density at radius 2 is 1.73 bits per heavy atom. The van der Waals surface area contributed by atoms with Gasteiger partial charge in [-0.05, 0) is 54.0 Å². The highest BCUT2D eigenvalue weighted by atomic mass is 16.5. The number of aliphatic hydroxyl groups excluding tert-OH is 1. The number of ether oxygens (including phenoxy) is 1. The van der Waals surface area contributed by atoms with E-state index in [-0.39, 0.29) is 17.7 Å². The lowest BCUT2D eigenvalue weighted by Gasteiger charge is -2.27. The normalized spacial score (nSPS) is 16.4. The van der Waals surface area contributed by atoms with Crippen molar-refractivity contribution in [1.29, 1.82) is 0 Å². The third kappa shape index (κ3) is 7.77. The topological polar surface area (TPSA) is 41.5 Å². The van der Waals surface area contributed by atoms with E-state index in [9.17, 15) is 5.11 Å². The van der Waals surface area contributed by atoms with Gasteiger partial charge in [0.05, 0.1) is 12.2 Å². The van der Waals surface area contributed by atoms with E-state index in [4.69, 9.17) is 4.74 Å². The zero-order valence-electron chi connectivity index (χ0n) is 10.9.